The summed E-state index contributed by atoms with van der Waals surface area (Å²) in [6, 6.07) is 9.20. The van der Waals surface area contributed by atoms with Gasteiger partial charge in [-0.1, -0.05) is 25.0 Å². The van der Waals surface area contributed by atoms with Gasteiger partial charge in [0.25, 0.3) is 5.91 Å². The first kappa shape index (κ1) is 14.5. The van der Waals surface area contributed by atoms with Gasteiger partial charge in [-0.3, -0.25) is 9.59 Å². The SMILES string of the molecule is O=C(c1cc(=O)c2ccccc2[nH]1)N1CCC[C@@H]2CCCC[C@@H]21. The average molecular weight is 310 g/mol. The summed E-state index contributed by atoms with van der Waals surface area (Å²) in [7, 11) is 0. The van der Waals surface area contributed by atoms with Gasteiger partial charge < -0.3 is 9.88 Å². The zero-order valence-corrected chi connectivity index (χ0v) is 13.3. The number of H-pyrrole nitrogens is 1. The Morgan fingerprint density at radius 2 is 1.87 bits per heavy atom. The van der Waals surface area contributed by atoms with Crippen LogP contribution in [0, 0.1) is 5.92 Å². The molecule has 0 radical (unpaired) electrons. The monoisotopic (exact) mass is 310 g/mol. The van der Waals surface area contributed by atoms with Crippen LogP contribution < -0.4 is 5.43 Å². The van der Waals surface area contributed by atoms with Crippen LogP contribution in [0.5, 0.6) is 0 Å². The van der Waals surface area contributed by atoms with Gasteiger partial charge in [0.1, 0.15) is 5.69 Å². The fourth-order valence-corrected chi connectivity index (χ4v) is 4.34. The van der Waals surface area contributed by atoms with Crippen LogP contribution >= 0.6 is 0 Å². The molecule has 1 aliphatic carbocycles. The molecule has 1 saturated heterocycles. The lowest BCUT2D eigenvalue weighted by Crippen LogP contribution is -2.50. The van der Waals surface area contributed by atoms with Crippen LogP contribution in [0.4, 0.5) is 0 Å². The number of carbonyl (C=O) groups excluding carboxylic acids is 1. The van der Waals surface area contributed by atoms with E-state index in [1.54, 1.807) is 6.07 Å². The third-order valence-electron chi connectivity index (χ3n) is 5.47. The largest absolute Gasteiger partial charge is 0.350 e. The minimum absolute atomic E-state index is 0.00977. The molecule has 1 N–H and O–H groups in total. The number of fused-ring (bicyclic) bond motifs is 2. The van der Waals surface area contributed by atoms with Crippen LogP contribution in [0.15, 0.2) is 35.1 Å². The Labute approximate surface area is 135 Å². The van der Waals surface area contributed by atoms with Crippen molar-refractivity contribution in [1.29, 1.82) is 0 Å². The molecule has 2 aromatic rings. The first-order valence-corrected chi connectivity index (χ1v) is 8.67. The van der Waals surface area contributed by atoms with E-state index >= 15 is 0 Å². The number of pyridine rings is 1. The number of hydrogen-bond donors (Lipinski definition) is 1. The van der Waals surface area contributed by atoms with E-state index in [0.717, 1.165) is 24.9 Å². The maximum atomic E-state index is 13.0. The van der Waals surface area contributed by atoms with E-state index in [9.17, 15) is 9.59 Å². The summed E-state index contributed by atoms with van der Waals surface area (Å²) in [4.78, 5) is 30.5. The minimum Gasteiger partial charge on any atom is -0.350 e. The van der Waals surface area contributed by atoms with Gasteiger partial charge in [-0.05, 0) is 43.7 Å². The highest BCUT2D eigenvalue weighted by atomic mass is 16.2. The number of carbonyl (C=O) groups is 1. The number of likely N-dealkylation sites (tertiary alicyclic amines) is 1. The van der Waals surface area contributed by atoms with E-state index in [1.807, 2.05) is 23.1 Å². The van der Waals surface area contributed by atoms with Crippen molar-refractivity contribution in [3.63, 3.8) is 0 Å². The van der Waals surface area contributed by atoms with Gasteiger partial charge in [-0.15, -0.1) is 0 Å². The van der Waals surface area contributed by atoms with Gasteiger partial charge in [0, 0.05) is 29.6 Å². The van der Waals surface area contributed by atoms with Crippen molar-refractivity contribution < 1.29 is 4.79 Å². The Morgan fingerprint density at radius 1 is 1.09 bits per heavy atom. The molecular weight excluding hydrogens is 288 g/mol. The lowest BCUT2D eigenvalue weighted by Gasteiger charge is -2.44. The quantitative estimate of drug-likeness (QED) is 0.878. The van der Waals surface area contributed by atoms with Crippen molar-refractivity contribution in [3.05, 3.63) is 46.2 Å². The molecule has 2 heterocycles. The van der Waals surface area contributed by atoms with E-state index in [4.69, 9.17) is 0 Å². The van der Waals surface area contributed by atoms with E-state index < -0.39 is 0 Å². The lowest BCUT2D eigenvalue weighted by molar-refractivity contribution is 0.0385. The zero-order valence-electron chi connectivity index (χ0n) is 13.3. The lowest BCUT2D eigenvalue weighted by atomic mass is 9.78. The van der Waals surface area contributed by atoms with Crippen LogP contribution in [0.25, 0.3) is 10.9 Å². The Kier molecular flexibility index (Phi) is 3.68. The summed E-state index contributed by atoms with van der Waals surface area (Å²) in [6.07, 6.45) is 7.15. The fourth-order valence-electron chi connectivity index (χ4n) is 4.34. The number of para-hydroxylation sites is 1. The summed E-state index contributed by atoms with van der Waals surface area (Å²) in [5.74, 6) is 0.637. The third kappa shape index (κ3) is 2.56. The smallest absolute Gasteiger partial charge is 0.270 e. The van der Waals surface area contributed by atoms with Crippen LogP contribution in [0.1, 0.15) is 49.0 Å². The molecule has 120 valence electrons. The number of benzene rings is 1. The van der Waals surface area contributed by atoms with E-state index in [1.165, 1.54) is 31.7 Å². The molecule has 0 spiro atoms. The summed E-state index contributed by atoms with van der Waals surface area (Å²) >= 11 is 0. The predicted octanol–water partition coefficient (Wildman–Crippen LogP) is 3.32. The van der Waals surface area contributed by atoms with Gasteiger partial charge in [0.2, 0.25) is 0 Å². The average Bonchev–Trinajstić information content (AvgIpc) is 2.60. The van der Waals surface area contributed by atoms with Gasteiger partial charge in [-0.2, -0.15) is 0 Å². The van der Waals surface area contributed by atoms with Gasteiger partial charge in [-0.25, -0.2) is 0 Å². The molecule has 1 aromatic heterocycles. The number of rotatable bonds is 1. The molecule has 2 aliphatic rings. The van der Waals surface area contributed by atoms with Gasteiger partial charge >= 0.3 is 0 Å². The van der Waals surface area contributed by atoms with E-state index in [2.05, 4.69) is 4.98 Å². The first-order valence-electron chi connectivity index (χ1n) is 8.67. The minimum atomic E-state index is -0.0834. The number of amides is 1. The molecule has 1 saturated carbocycles. The Bertz CT molecular complexity index is 793. The van der Waals surface area contributed by atoms with Gasteiger partial charge in [0.15, 0.2) is 5.43 Å². The molecule has 4 heteroatoms. The Hall–Kier alpha value is -2.10. The molecule has 0 unspecified atom stereocenters. The molecule has 1 amide bonds. The van der Waals surface area contributed by atoms with Gasteiger partial charge in [0.05, 0.1) is 0 Å². The standard InChI is InChI=1S/C19H22N2O2/c22-18-12-16(20-15-9-3-2-8-14(15)18)19(23)21-11-5-7-13-6-1-4-10-17(13)21/h2-3,8-9,12-13,17H,1,4-7,10-11H2,(H,20,22)/t13-,17-/m0/s1. The highest BCUT2D eigenvalue weighted by molar-refractivity contribution is 5.95. The molecule has 2 fully saturated rings. The van der Waals surface area contributed by atoms with Crippen molar-refractivity contribution in [2.45, 2.75) is 44.6 Å². The maximum absolute atomic E-state index is 13.0. The van der Waals surface area contributed by atoms with Crippen LogP contribution in [0.2, 0.25) is 0 Å². The highest BCUT2D eigenvalue weighted by Gasteiger charge is 2.36. The van der Waals surface area contributed by atoms with Crippen molar-refractivity contribution in [1.82, 2.24) is 9.88 Å². The summed E-state index contributed by atoms with van der Waals surface area (Å²) in [5.41, 5.74) is 1.08. The molecule has 4 rings (SSSR count). The number of aromatic amines is 1. The molecule has 1 aliphatic heterocycles. The number of hydrogen-bond acceptors (Lipinski definition) is 2. The van der Waals surface area contributed by atoms with Crippen molar-refractivity contribution in [2.75, 3.05) is 6.54 Å². The highest BCUT2D eigenvalue weighted by Crippen LogP contribution is 2.35. The Morgan fingerprint density at radius 3 is 2.78 bits per heavy atom. The zero-order chi connectivity index (χ0) is 15.8. The molecule has 1 aromatic carbocycles. The molecule has 2 atom stereocenters. The molecular formula is C19H22N2O2. The van der Waals surface area contributed by atoms with Crippen LogP contribution in [0.3, 0.4) is 0 Å². The summed E-state index contributed by atoms with van der Waals surface area (Å²) < 4.78 is 0. The normalized spacial score (nSPS) is 24.4. The number of nitrogens with one attached hydrogen (secondary N) is 1. The van der Waals surface area contributed by atoms with E-state index in [-0.39, 0.29) is 11.3 Å². The number of nitrogens with zero attached hydrogens (tertiary/aromatic N) is 1. The fraction of sp³-hybridized carbons (Fsp3) is 0.474. The first-order chi connectivity index (χ1) is 11.2. The summed E-state index contributed by atoms with van der Waals surface area (Å²) in [5, 5.41) is 0.637. The predicted molar refractivity (Wildman–Crippen MR) is 90.6 cm³/mol. The van der Waals surface area contributed by atoms with Crippen molar-refractivity contribution in [3.8, 4) is 0 Å². The second-order valence-corrected chi connectivity index (χ2v) is 6.85. The third-order valence-corrected chi connectivity index (χ3v) is 5.47. The van der Waals surface area contributed by atoms with E-state index in [0.29, 0.717) is 23.0 Å². The summed E-state index contributed by atoms with van der Waals surface area (Å²) in [6.45, 7) is 0.814. The number of piperidine rings is 1. The topological polar surface area (TPSA) is 53.2 Å². The van der Waals surface area contributed by atoms with Crippen LogP contribution in [-0.4, -0.2) is 28.4 Å². The maximum Gasteiger partial charge on any atom is 0.270 e. The Balaban J connectivity index is 1.69. The van der Waals surface area contributed by atoms with Crippen LogP contribution in [-0.2, 0) is 0 Å². The molecule has 0 bridgehead atoms. The van der Waals surface area contributed by atoms with Crippen molar-refractivity contribution >= 4 is 16.8 Å². The number of aromatic nitrogens is 1. The molecule has 23 heavy (non-hydrogen) atoms. The van der Waals surface area contributed by atoms with Crippen molar-refractivity contribution in [2.24, 2.45) is 5.92 Å². The second kappa shape index (κ2) is 5.84. The second-order valence-electron chi connectivity index (χ2n) is 6.85. The molecule has 4 nitrogen and oxygen atoms in total.